The predicted octanol–water partition coefficient (Wildman–Crippen LogP) is 3.16. The van der Waals surface area contributed by atoms with Crippen LogP contribution in [0.25, 0.3) is 5.57 Å². The van der Waals surface area contributed by atoms with Crippen molar-refractivity contribution in [3.05, 3.63) is 55.1 Å². The van der Waals surface area contributed by atoms with E-state index in [1.54, 1.807) is 0 Å². The summed E-state index contributed by atoms with van der Waals surface area (Å²) in [5.74, 6) is 0. The molecule has 0 heterocycles. The van der Waals surface area contributed by atoms with E-state index in [1.165, 1.54) is 0 Å². The Kier molecular flexibility index (Phi) is 3.76. The number of ether oxygens (including phenoxy) is 1. The number of hydrogen-bond acceptors (Lipinski definition) is 1. The van der Waals surface area contributed by atoms with Crippen LogP contribution in [0.15, 0.2) is 49.5 Å². The average Bonchev–Trinajstić information content (AvgIpc) is 2.19. The third kappa shape index (κ3) is 3.11. The molecule has 0 aromatic heterocycles. The second-order valence-electron chi connectivity index (χ2n) is 2.54. The molecule has 0 N–H and O–H groups in total. The fourth-order valence-electron chi connectivity index (χ4n) is 0.942. The summed E-state index contributed by atoms with van der Waals surface area (Å²) in [6.07, 6.45) is 1.37. The number of benzene rings is 1. The Morgan fingerprint density at radius 2 is 2.08 bits per heavy atom. The van der Waals surface area contributed by atoms with Crippen molar-refractivity contribution in [2.45, 2.75) is 0 Å². The SMILES string of the molecule is C=C(CO/C=C\F)c1ccccc1. The largest absolute Gasteiger partial charge is 0.494 e. The van der Waals surface area contributed by atoms with Gasteiger partial charge in [0.25, 0.3) is 0 Å². The highest BCUT2D eigenvalue weighted by atomic mass is 19.1. The molecule has 0 atom stereocenters. The molecule has 0 aliphatic heterocycles. The molecule has 1 aromatic carbocycles. The van der Waals surface area contributed by atoms with Crippen LogP contribution < -0.4 is 0 Å². The monoisotopic (exact) mass is 178 g/mol. The molecule has 1 aromatic rings. The van der Waals surface area contributed by atoms with E-state index < -0.39 is 0 Å². The van der Waals surface area contributed by atoms with Gasteiger partial charge < -0.3 is 4.74 Å². The fraction of sp³-hybridized carbons (Fsp3) is 0.0909. The van der Waals surface area contributed by atoms with Gasteiger partial charge in [-0.3, -0.25) is 0 Å². The van der Waals surface area contributed by atoms with Crippen molar-refractivity contribution in [2.24, 2.45) is 0 Å². The van der Waals surface area contributed by atoms with Gasteiger partial charge >= 0.3 is 0 Å². The van der Waals surface area contributed by atoms with E-state index in [4.69, 9.17) is 4.74 Å². The molecule has 0 saturated carbocycles. The molecule has 68 valence electrons. The molecule has 0 aliphatic carbocycles. The Hall–Kier alpha value is -1.57. The standard InChI is InChI=1S/C11H11FO/c1-10(9-13-8-7-12)11-5-3-2-4-6-11/h2-8H,1,9H2/b8-7-. The average molecular weight is 178 g/mol. The Labute approximate surface area is 77.2 Å². The summed E-state index contributed by atoms with van der Waals surface area (Å²) in [5, 5.41) is 0. The van der Waals surface area contributed by atoms with Crippen LogP contribution in [0.2, 0.25) is 0 Å². The molecule has 0 amide bonds. The van der Waals surface area contributed by atoms with Gasteiger partial charge in [0.05, 0.1) is 0 Å². The van der Waals surface area contributed by atoms with Gasteiger partial charge in [-0.1, -0.05) is 36.9 Å². The summed E-state index contributed by atoms with van der Waals surface area (Å²) in [6.45, 7) is 4.13. The summed E-state index contributed by atoms with van der Waals surface area (Å²) in [4.78, 5) is 0. The first-order chi connectivity index (χ1) is 6.34. The second-order valence-corrected chi connectivity index (χ2v) is 2.54. The summed E-state index contributed by atoms with van der Waals surface area (Å²) in [7, 11) is 0. The highest BCUT2D eigenvalue weighted by molar-refractivity contribution is 5.63. The van der Waals surface area contributed by atoms with E-state index in [0.29, 0.717) is 12.9 Å². The van der Waals surface area contributed by atoms with Crippen LogP contribution in [-0.2, 0) is 4.74 Å². The van der Waals surface area contributed by atoms with Crippen LogP contribution in [0.5, 0.6) is 0 Å². The van der Waals surface area contributed by atoms with Crippen LogP contribution >= 0.6 is 0 Å². The topological polar surface area (TPSA) is 9.23 Å². The van der Waals surface area contributed by atoms with Crippen LogP contribution in [0.1, 0.15) is 5.56 Å². The van der Waals surface area contributed by atoms with Gasteiger partial charge in [-0.05, 0) is 11.1 Å². The van der Waals surface area contributed by atoms with Gasteiger partial charge in [0.1, 0.15) is 19.2 Å². The Bertz CT molecular complexity index is 290. The second kappa shape index (κ2) is 5.14. The quantitative estimate of drug-likeness (QED) is 0.643. The Morgan fingerprint density at radius 3 is 2.69 bits per heavy atom. The minimum absolute atomic E-state index is 0.310. The summed E-state index contributed by atoms with van der Waals surface area (Å²) in [5.41, 5.74) is 1.84. The molecule has 0 fully saturated rings. The van der Waals surface area contributed by atoms with Crippen LogP contribution in [0.4, 0.5) is 4.39 Å². The van der Waals surface area contributed by atoms with E-state index in [0.717, 1.165) is 17.4 Å². The van der Waals surface area contributed by atoms with Crippen molar-refractivity contribution in [3.8, 4) is 0 Å². The lowest BCUT2D eigenvalue weighted by Crippen LogP contribution is -1.90. The molecule has 1 rings (SSSR count). The van der Waals surface area contributed by atoms with E-state index in [9.17, 15) is 4.39 Å². The van der Waals surface area contributed by atoms with Gasteiger partial charge in [-0.25, -0.2) is 4.39 Å². The lowest BCUT2D eigenvalue weighted by atomic mass is 10.1. The molecule has 0 saturated heterocycles. The first-order valence-corrected chi connectivity index (χ1v) is 3.94. The minimum atomic E-state index is 0.310. The zero-order valence-corrected chi connectivity index (χ0v) is 7.24. The fourth-order valence-corrected chi connectivity index (χ4v) is 0.942. The third-order valence-corrected chi connectivity index (χ3v) is 1.59. The molecule has 1 nitrogen and oxygen atoms in total. The van der Waals surface area contributed by atoms with E-state index in [-0.39, 0.29) is 0 Å². The minimum Gasteiger partial charge on any atom is -0.494 e. The Morgan fingerprint density at radius 1 is 1.38 bits per heavy atom. The van der Waals surface area contributed by atoms with Crippen LogP contribution in [-0.4, -0.2) is 6.61 Å². The molecule has 0 spiro atoms. The molecular formula is C11H11FO. The maximum atomic E-state index is 11.5. The maximum absolute atomic E-state index is 11.5. The van der Waals surface area contributed by atoms with E-state index in [1.807, 2.05) is 30.3 Å². The van der Waals surface area contributed by atoms with Crippen LogP contribution in [0.3, 0.4) is 0 Å². The van der Waals surface area contributed by atoms with Gasteiger partial charge in [0.15, 0.2) is 0 Å². The highest BCUT2D eigenvalue weighted by Crippen LogP contribution is 2.11. The van der Waals surface area contributed by atoms with Crippen molar-refractivity contribution in [2.75, 3.05) is 6.61 Å². The molecule has 13 heavy (non-hydrogen) atoms. The molecular weight excluding hydrogens is 167 g/mol. The molecule has 2 heteroatoms. The first kappa shape index (κ1) is 9.52. The van der Waals surface area contributed by atoms with Gasteiger partial charge in [-0.15, -0.1) is 0 Å². The number of hydrogen-bond donors (Lipinski definition) is 0. The van der Waals surface area contributed by atoms with Crippen molar-refractivity contribution in [3.63, 3.8) is 0 Å². The zero-order valence-electron chi connectivity index (χ0n) is 7.24. The molecule has 0 unspecified atom stereocenters. The zero-order chi connectivity index (χ0) is 9.52. The molecule has 0 radical (unpaired) electrons. The lowest BCUT2D eigenvalue weighted by molar-refractivity contribution is 0.290. The highest BCUT2D eigenvalue weighted by Gasteiger charge is 1.95. The van der Waals surface area contributed by atoms with Crippen LogP contribution in [0, 0.1) is 0 Å². The predicted molar refractivity (Wildman–Crippen MR) is 51.7 cm³/mol. The normalized spacial score (nSPS) is 10.2. The van der Waals surface area contributed by atoms with Crippen molar-refractivity contribution in [1.29, 1.82) is 0 Å². The summed E-state index contributed by atoms with van der Waals surface area (Å²) < 4.78 is 16.4. The molecule has 0 aliphatic rings. The smallest absolute Gasteiger partial charge is 0.121 e. The van der Waals surface area contributed by atoms with Gasteiger partial charge in [0.2, 0.25) is 0 Å². The summed E-state index contributed by atoms with van der Waals surface area (Å²) >= 11 is 0. The molecule has 0 bridgehead atoms. The van der Waals surface area contributed by atoms with Crippen molar-refractivity contribution >= 4 is 5.57 Å². The van der Waals surface area contributed by atoms with Crippen molar-refractivity contribution in [1.82, 2.24) is 0 Å². The van der Waals surface area contributed by atoms with Crippen molar-refractivity contribution < 1.29 is 9.13 Å². The maximum Gasteiger partial charge on any atom is 0.121 e. The third-order valence-electron chi connectivity index (χ3n) is 1.59. The van der Waals surface area contributed by atoms with Gasteiger partial charge in [0, 0.05) is 0 Å². The van der Waals surface area contributed by atoms with E-state index >= 15 is 0 Å². The first-order valence-electron chi connectivity index (χ1n) is 3.94. The number of halogens is 1. The van der Waals surface area contributed by atoms with E-state index in [2.05, 4.69) is 6.58 Å². The summed E-state index contributed by atoms with van der Waals surface area (Å²) in [6, 6.07) is 9.64. The number of rotatable bonds is 4. The van der Waals surface area contributed by atoms with Gasteiger partial charge in [-0.2, -0.15) is 0 Å². The Balaban J connectivity index is 2.49. The lowest BCUT2D eigenvalue weighted by Gasteiger charge is -2.04.